The Morgan fingerprint density at radius 1 is 1.11 bits per heavy atom. The zero-order valence-electron chi connectivity index (χ0n) is 15.5. The number of halogens is 4. The average Bonchev–Trinajstić information content (AvgIpc) is 2.63. The van der Waals surface area contributed by atoms with E-state index in [-0.39, 0.29) is 35.5 Å². The van der Waals surface area contributed by atoms with E-state index in [1.54, 1.807) is 43.1 Å². The molecule has 0 spiro atoms. The first kappa shape index (κ1) is 24.4. The third kappa shape index (κ3) is 8.17. The van der Waals surface area contributed by atoms with Gasteiger partial charge in [0.15, 0.2) is 5.96 Å². The fourth-order valence-corrected chi connectivity index (χ4v) is 3.05. The smallest absolute Gasteiger partial charge is 0.387 e. The van der Waals surface area contributed by atoms with Crippen LogP contribution in [-0.4, -0.2) is 25.9 Å². The summed E-state index contributed by atoms with van der Waals surface area (Å²) in [6, 6.07) is 11.2. The van der Waals surface area contributed by atoms with E-state index < -0.39 is 6.61 Å². The number of aliphatic imine (C=N–C) groups is 1. The highest BCUT2D eigenvalue weighted by molar-refractivity contribution is 14.0. The fraction of sp³-hybridized carbons (Fsp3) is 0.316. The first-order valence-corrected chi connectivity index (χ1v) is 9.65. The minimum Gasteiger partial charge on any atom is -0.435 e. The Balaban J connectivity index is 0.00000392. The summed E-state index contributed by atoms with van der Waals surface area (Å²) in [7, 11) is 1.64. The predicted octanol–water partition coefficient (Wildman–Crippen LogP) is 4.77. The Labute approximate surface area is 184 Å². The third-order valence-corrected chi connectivity index (χ3v) is 4.32. The van der Waals surface area contributed by atoms with E-state index in [0.29, 0.717) is 19.0 Å². The van der Waals surface area contributed by atoms with Crippen molar-refractivity contribution in [3.8, 4) is 5.75 Å². The van der Waals surface area contributed by atoms with Crippen molar-refractivity contribution in [2.24, 2.45) is 4.99 Å². The van der Waals surface area contributed by atoms with Crippen molar-refractivity contribution in [2.75, 3.05) is 13.3 Å². The highest BCUT2D eigenvalue weighted by Gasteiger charge is 2.07. The molecule has 0 saturated carbocycles. The van der Waals surface area contributed by atoms with E-state index in [1.807, 2.05) is 6.26 Å². The van der Waals surface area contributed by atoms with Gasteiger partial charge in [0.2, 0.25) is 0 Å². The standard InChI is InChI=1S/C19H22F3N3OS.HI/c1-23-19(24-10-13-4-3-5-17(8-13)26-18(21)22)25-11-14-6-7-16(20)9-15(14)12-27-2;/h3-9,18H,10-12H2,1-2H3,(H2,23,24,25);1H. The van der Waals surface area contributed by atoms with E-state index in [4.69, 9.17) is 0 Å². The van der Waals surface area contributed by atoms with Gasteiger partial charge in [0.25, 0.3) is 0 Å². The van der Waals surface area contributed by atoms with Gasteiger partial charge in [-0.25, -0.2) is 4.39 Å². The van der Waals surface area contributed by atoms with Gasteiger partial charge in [-0.1, -0.05) is 18.2 Å². The largest absolute Gasteiger partial charge is 0.435 e. The summed E-state index contributed by atoms with van der Waals surface area (Å²) in [5.41, 5.74) is 2.70. The van der Waals surface area contributed by atoms with Gasteiger partial charge in [0, 0.05) is 25.9 Å². The van der Waals surface area contributed by atoms with Crippen molar-refractivity contribution in [3.63, 3.8) is 0 Å². The maximum atomic E-state index is 13.4. The van der Waals surface area contributed by atoms with Gasteiger partial charge in [-0.05, 0) is 47.2 Å². The van der Waals surface area contributed by atoms with Gasteiger partial charge >= 0.3 is 6.61 Å². The lowest BCUT2D eigenvalue weighted by Gasteiger charge is -2.14. The Morgan fingerprint density at radius 3 is 2.54 bits per heavy atom. The van der Waals surface area contributed by atoms with Crippen LogP contribution in [0.4, 0.5) is 13.2 Å². The quantitative estimate of drug-likeness (QED) is 0.296. The van der Waals surface area contributed by atoms with Crippen LogP contribution < -0.4 is 15.4 Å². The van der Waals surface area contributed by atoms with Crippen molar-refractivity contribution in [3.05, 3.63) is 65.0 Å². The Kier molecular flexibility index (Phi) is 11.1. The number of thioether (sulfide) groups is 1. The molecule has 0 amide bonds. The number of nitrogens with zero attached hydrogens (tertiary/aromatic N) is 1. The van der Waals surface area contributed by atoms with E-state index in [0.717, 1.165) is 22.4 Å². The maximum absolute atomic E-state index is 13.4. The number of guanidine groups is 1. The molecule has 0 saturated heterocycles. The molecule has 2 rings (SSSR count). The van der Waals surface area contributed by atoms with Crippen molar-refractivity contribution < 1.29 is 17.9 Å². The number of benzene rings is 2. The maximum Gasteiger partial charge on any atom is 0.387 e. The first-order valence-electron chi connectivity index (χ1n) is 8.26. The molecule has 0 unspecified atom stereocenters. The van der Waals surface area contributed by atoms with Crippen LogP contribution in [0.5, 0.6) is 5.75 Å². The molecule has 2 N–H and O–H groups in total. The van der Waals surface area contributed by atoms with E-state index in [9.17, 15) is 13.2 Å². The van der Waals surface area contributed by atoms with E-state index in [1.165, 1.54) is 18.2 Å². The first-order chi connectivity index (χ1) is 13.0. The number of ether oxygens (including phenoxy) is 1. The fourth-order valence-electron chi connectivity index (χ4n) is 2.47. The summed E-state index contributed by atoms with van der Waals surface area (Å²) < 4.78 is 42.4. The molecule has 9 heteroatoms. The summed E-state index contributed by atoms with van der Waals surface area (Å²) in [4.78, 5) is 4.15. The molecule has 0 aliphatic rings. The van der Waals surface area contributed by atoms with E-state index >= 15 is 0 Å². The van der Waals surface area contributed by atoms with E-state index in [2.05, 4.69) is 20.4 Å². The van der Waals surface area contributed by atoms with Gasteiger partial charge in [-0.3, -0.25) is 4.99 Å². The molecule has 154 valence electrons. The zero-order chi connectivity index (χ0) is 19.6. The second kappa shape index (κ2) is 12.8. The molecule has 28 heavy (non-hydrogen) atoms. The second-order valence-electron chi connectivity index (χ2n) is 5.65. The van der Waals surface area contributed by atoms with Crippen LogP contribution in [0.2, 0.25) is 0 Å². The molecular formula is C19H23F3IN3OS. The van der Waals surface area contributed by atoms with Gasteiger partial charge in [-0.2, -0.15) is 20.5 Å². The van der Waals surface area contributed by atoms with Crippen LogP contribution in [-0.2, 0) is 18.8 Å². The number of nitrogens with one attached hydrogen (secondary N) is 2. The molecule has 2 aromatic rings. The lowest BCUT2D eigenvalue weighted by Crippen LogP contribution is -2.36. The minimum atomic E-state index is -2.85. The SMILES string of the molecule is CN=C(NCc1cccc(OC(F)F)c1)NCc1ccc(F)cc1CSC.I. The molecule has 0 bridgehead atoms. The zero-order valence-corrected chi connectivity index (χ0v) is 18.7. The van der Waals surface area contributed by atoms with Gasteiger partial charge < -0.3 is 15.4 Å². The number of alkyl halides is 2. The van der Waals surface area contributed by atoms with Crippen molar-refractivity contribution in [1.29, 1.82) is 0 Å². The highest BCUT2D eigenvalue weighted by atomic mass is 127. The van der Waals surface area contributed by atoms with Crippen LogP contribution in [0, 0.1) is 5.82 Å². The number of rotatable bonds is 8. The summed E-state index contributed by atoms with van der Waals surface area (Å²) >= 11 is 1.63. The molecule has 0 aliphatic heterocycles. The lowest BCUT2D eigenvalue weighted by molar-refractivity contribution is -0.0498. The molecule has 0 radical (unpaired) electrons. The topological polar surface area (TPSA) is 45.7 Å². The molecule has 0 fully saturated rings. The van der Waals surface area contributed by atoms with Crippen LogP contribution in [0.3, 0.4) is 0 Å². The Bertz CT molecular complexity index is 778. The predicted molar refractivity (Wildman–Crippen MR) is 119 cm³/mol. The molecule has 4 nitrogen and oxygen atoms in total. The van der Waals surface area contributed by atoms with Crippen LogP contribution in [0.25, 0.3) is 0 Å². The number of hydrogen-bond donors (Lipinski definition) is 2. The summed E-state index contributed by atoms with van der Waals surface area (Å²) in [6.07, 6.45) is 1.97. The highest BCUT2D eigenvalue weighted by Crippen LogP contribution is 2.17. The van der Waals surface area contributed by atoms with Gasteiger partial charge in [0.1, 0.15) is 11.6 Å². The van der Waals surface area contributed by atoms with Crippen LogP contribution in [0.1, 0.15) is 16.7 Å². The summed E-state index contributed by atoms with van der Waals surface area (Å²) in [6.45, 7) is -1.97. The minimum absolute atomic E-state index is 0. The number of hydrogen-bond acceptors (Lipinski definition) is 3. The molecule has 0 heterocycles. The second-order valence-corrected chi connectivity index (χ2v) is 6.52. The van der Waals surface area contributed by atoms with Gasteiger partial charge in [-0.15, -0.1) is 24.0 Å². The molecule has 0 aromatic heterocycles. The van der Waals surface area contributed by atoms with Crippen LogP contribution in [0.15, 0.2) is 47.5 Å². The Hall–Kier alpha value is -1.62. The van der Waals surface area contributed by atoms with Crippen molar-refractivity contribution in [2.45, 2.75) is 25.5 Å². The van der Waals surface area contributed by atoms with Crippen molar-refractivity contribution in [1.82, 2.24) is 10.6 Å². The molecular weight excluding hydrogens is 502 g/mol. The Morgan fingerprint density at radius 2 is 1.86 bits per heavy atom. The normalized spacial score (nSPS) is 11.1. The molecule has 2 aromatic carbocycles. The summed E-state index contributed by atoms with van der Waals surface area (Å²) in [5.74, 6) is 1.13. The van der Waals surface area contributed by atoms with Gasteiger partial charge in [0.05, 0.1) is 0 Å². The van der Waals surface area contributed by atoms with Crippen LogP contribution >= 0.6 is 35.7 Å². The lowest BCUT2D eigenvalue weighted by atomic mass is 10.1. The monoisotopic (exact) mass is 525 g/mol. The van der Waals surface area contributed by atoms with Crippen molar-refractivity contribution >= 4 is 41.7 Å². The average molecular weight is 525 g/mol. The summed E-state index contributed by atoms with van der Waals surface area (Å²) in [5, 5.41) is 6.29. The third-order valence-electron chi connectivity index (χ3n) is 3.72. The molecule has 0 aliphatic carbocycles. The molecule has 0 atom stereocenters.